The van der Waals surface area contributed by atoms with Gasteiger partial charge in [-0.15, -0.1) is 0 Å². The maximum absolute atomic E-state index is 12.1. The van der Waals surface area contributed by atoms with Gasteiger partial charge in [-0.05, 0) is 42.5 Å². The van der Waals surface area contributed by atoms with Crippen molar-refractivity contribution >= 4 is 5.97 Å². The number of carbonyl (C=O) groups is 1. The number of methoxy groups -OCH3 is 1. The van der Waals surface area contributed by atoms with E-state index in [4.69, 9.17) is 23.7 Å². The van der Waals surface area contributed by atoms with E-state index in [9.17, 15) is 4.79 Å². The van der Waals surface area contributed by atoms with Crippen LogP contribution in [0.15, 0.2) is 42.5 Å². The lowest BCUT2D eigenvalue weighted by Crippen LogP contribution is -2.12. The minimum Gasteiger partial charge on any atom is -0.497 e. The summed E-state index contributed by atoms with van der Waals surface area (Å²) in [7, 11) is 1.61. The third-order valence-electron chi connectivity index (χ3n) is 3.63. The van der Waals surface area contributed by atoms with Crippen LogP contribution in [0.4, 0.5) is 0 Å². The van der Waals surface area contributed by atoms with Gasteiger partial charge in [0.1, 0.15) is 24.7 Å². The number of carbonyl (C=O) groups excluding carboxylic acids is 1. The molecular formula is C19H20O6. The Kier molecular flexibility index (Phi) is 5.61. The highest BCUT2D eigenvalue weighted by Gasteiger charge is 2.15. The van der Waals surface area contributed by atoms with Gasteiger partial charge in [-0.2, -0.15) is 0 Å². The Labute approximate surface area is 146 Å². The highest BCUT2D eigenvalue weighted by molar-refractivity contribution is 5.90. The molecule has 6 heteroatoms. The molecule has 0 saturated heterocycles. The van der Waals surface area contributed by atoms with Gasteiger partial charge >= 0.3 is 5.97 Å². The zero-order chi connectivity index (χ0) is 17.5. The summed E-state index contributed by atoms with van der Waals surface area (Å²) in [6.45, 7) is 1.60. The van der Waals surface area contributed by atoms with Gasteiger partial charge in [0.25, 0.3) is 0 Å². The lowest BCUT2D eigenvalue weighted by atomic mass is 10.2. The first kappa shape index (κ1) is 17.0. The lowest BCUT2D eigenvalue weighted by Gasteiger charge is -2.10. The number of esters is 1. The Morgan fingerprint density at radius 2 is 1.68 bits per heavy atom. The summed E-state index contributed by atoms with van der Waals surface area (Å²) in [5, 5.41) is 0. The molecule has 0 spiro atoms. The molecule has 0 aromatic heterocycles. The van der Waals surface area contributed by atoms with Crippen LogP contribution in [0.2, 0.25) is 0 Å². The molecule has 2 aromatic carbocycles. The first-order valence-electron chi connectivity index (χ1n) is 8.10. The zero-order valence-electron chi connectivity index (χ0n) is 14.0. The summed E-state index contributed by atoms with van der Waals surface area (Å²) in [5.41, 5.74) is 0.425. The third-order valence-corrected chi connectivity index (χ3v) is 3.63. The van der Waals surface area contributed by atoms with Gasteiger partial charge in [-0.1, -0.05) is 0 Å². The standard InChI is InChI=1S/C19H20O6/c1-21-15-4-6-16(7-5-15)22-11-12-25-19(20)14-3-8-17-18(13-14)24-10-2-9-23-17/h3-8,13H,2,9-12H2,1H3. The van der Waals surface area contributed by atoms with E-state index in [0.29, 0.717) is 36.0 Å². The minimum atomic E-state index is -0.422. The van der Waals surface area contributed by atoms with E-state index in [-0.39, 0.29) is 13.2 Å². The number of fused-ring (bicyclic) bond motifs is 1. The molecule has 0 saturated carbocycles. The Morgan fingerprint density at radius 3 is 2.44 bits per heavy atom. The molecule has 0 radical (unpaired) electrons. The van der Waals surface area contributed by atoms with E-state index in [2.05, 4.69) is 0 Å². The van der Waals surface area contributed by atoms with E-state index in [0.717, 1.165) is 12.2 Å². The zero-order valence-corrected chi connectivity index (χ0v) is 14.0. The second-order valence-corrected chi connectivity index (χ2v) is 5.37. The van der Waals surface area contributed by atoms with Crippen LogP contribution >= 0.6 is 0 Å². The van der Waals surface area contributed by atoms with Crippen molar-refractivity contribution in [2.24, 2.45) is 0 Å². The third kappa shape index (κ3) is 4.56. The van der Waals surface area contributed by atoms with Crippen molar-refractivity contribution in [1.29, 1.82) is 0 Å². The van der Waals surface area contributed by atoms with Crippen molar-refractivity contribution in [3.8, 4) is 23.0 Å². The van der Waals surface area contributed by atoms with Crippen LogP contribution in [0.25, 0.3) is 0 Å². The normalized spacial score (nSPS) is 12.8. The second-order valence-electron chi connectivity index (χ2n) is 5.37. The fourth-order valence-electron chi connectivity index (χ4n) is 2.34. The molecule has 0 fully saturated rings. The lowest BCUT2D eigenvalue weighted by molar-refractivity contribution is 0.0450. The fraction of sp³-hybridized carbons (Fsp3) is 0.316. The van der Waals surface area contributed by atoms with Crippen molar-refractivity contribution < 1.29 is 28.5 Å². The molecule has 25 heavy (non-hydrogen) atoms. The highest BCUT2D eigenvalue weighted by atomic mass is 16.6. The van der Waals surface area contributed by atoms with Gasteiger partial charge in [0.05, 0.1) is 25.9 Å². The molecule has 1 aliphatic heterocycles. The van der Waals surface area contributed by atoms with Crippen LogP contribution in [0.3, 0.4) is 0 Å². The molecule has 2 aromatic rings. The SMILES string of the molecule is COc1ccc(OCCOC(=O)c2ccc3c(c2)OCCCO3)cc1. The van der Waals surface area contributed by atoms with E-state index in [1.807, 2.05) is 0 Å². The molecule has 0 N–H and O–H groups in total. The van der Waals surface area contributed by atoms with Gasteiger partial charge in [-0.3, -0.25) is 0 Å². The molecule has 1 aliphatic rings. The van der Waals surface area contributed by atoms with E-state index < -0.39 is 5.97 Å². The second kappa shape index (κ2) is 8.28. The molecule has 0 unspecified atom stereocenters. The van der Waals surface area contributed by atoms with Crippen LogP contribution in [0, 0.1) is 0 Å². The van der Waals surface area contributed by atoms with Crippen LogP contribution in [-0.4, -0.2) is 39.5 Å². The molecule has 132 valence electrons. The van der Waals surface area contributed by atoms with Crippen molar-refractivity contribution in [2.45, 2.75) is 6.42 Å². The van der Waals surface area contributed by atoms with Crippen LogP contribution in [0.5, 0.6) is 23.0 Å². The largest absolute Gasteiger partial charge is 0.497 e. The first-order chi connectivity index (χ1) is 12.3. The fourth-order valence-corrected chi connectivity index (χ4v) is 2.34. The first-order valence-corrected chi connectivity index (χ1v) is 8.10. The summed E-state index contributed by atoms with van der Waals surface area (Å²) in [6.07, 6.45) is 0.817. The summed E-state index contributed by atoms with van der Waals surface area (Å²) in [5.74, 6) is 2.24. The summed E-state index contributed by atoms with van der Waals surface area (Å²) in [6, 6.07) is 12.2. The number of ether oxygens (including phenoxy) is 5. The average molecular weight is 344 g/mol. The summed E-state index contributed by atoms with van der Waals surface area (Å²) >= 11 is 0. The number of hydrogen-bond acceptors (Lipinski definition) is 6. The molecule has 0 amide bonds. The molecular weight excluding hydrogens is 324 g/mol. The molecule has 0 bridgehead atoms. The average Bonchev–Trinajstić information content (AvgIpc) is 2.90. The van der Waals surface area contributed by atoms with Crippen molar-refractivity contribution in [3.63, 3.8) is 0 Å². The van der Waals surface area contributed by atoms with Crippen LogP contribution in [-0.2, 0) is 4.74 Å². The Balaban J connectivity index is 1.48. The summed E-state index contributed by atoms with van der Waals surface area (Å²) < 4.78 is 26.9. The summed E-state index contributed by atoms with van der Waals surface area (Å²) in [4.78, 5) is 12.1. The highest BCUT2D eigenvalue weighted by Crippen LogP contribution is 2.30. The van der Waals surface area contributed by atoms with Crippen molar-refractivity contribution in [3.05, 3.63) is 48.0 Å². The van der Waals surface area contributed by atoms with E-state index in [1.54, 1.807) is 49.6 Å². The Morgan fingerprint density at radius 1 is 0.960 bits per heavy atom. The van der Waals surface area contributed by atoms with Crippen molar-refractivity contribution in [1.82, 2.24) is 0 Å². The number of benzene rings is 2. The minimum absolute atomic E-state index is 0.152. The number of rotatable bonds is 6. The molecule has 0 aliphatic carbocycles. The van der Waals surface area contributed by atoms with Gasteiger partial charge in [-0.25, -0.2) is 4.79 Å². The molecule has 1 heterocycles. The maximum Gasteiger partial charge on any atom is 0.338 e. The van der Waals surface area contributed by atoms with Crippen LogP contribution in [0.1, 0.15) is 16.8 Å². The van der Waals surface area contributed by atoms with E-state index in [1.165, 1.54) is 0 Å². The smallest absolute Gasteiger partial charge is 0.338 e. The van der Waals surface area contributed by atoms with Gasteiger partial charge < -0.3 is 23.7 Å². The van der Waals surface area contributed by atoms with Gasteiger partial charge in [0, 0.05) is 6.42 Å². The van der Waals surface area contributed by atoms with Crippen LogP contribution < -0.4 is 18.9 Å². The predicted octanol–water partition coefficient (Wildman–Crippen LogP) is 3.09. The van der Waals surface area contributed by atoms with Gasteiger partial charge in [0.2, 0.25) is 0 Å². The predicted molar refractivity (Wildman–Crippen MR) is 90.8 cm³/mol. The Bertz CT molecular complexity index is 710. The number of hydrogen-bond donors (Lipinski definition) is 0. The van der Waals surface area contributed by atoms with E-state index >= 15 is 0 Å². The Hall–Kier alpha value is -2.89. The topological polar surface area (TPSA) is 63.2 Å². The maximum atomic E-state index is 12.1. The van der Waals surface area contributed by atoms with Gasteiger partial charge in [0.15, 0.2) is 11.5 Å². The van der Waals surface area contributed by atoms with Crippen molar-refractivity contribution in [2.75, 3.05) is 33.5 Å². The molecule has 0 atom stereocenters. The molecule has 3 rings (SSSR count). The monoisotopic (exact) mass is 344 g/mol. The molecule has 6 nitrogen and oxygen atoms in total. The quantitative estimate of drug-likeness (QED) is 0.593.